The summed E-state index contributed by atoms with van der Waals surface area (Å²) in [5, 5.41) is 15.5. The third kappa shape index (κ3) is 3.93. The maximum atomic E-state index is 11.7. The van der Waals surface area contributed by atoms with Gasteiger partial charge in [-0.2, -0.15) is 11.3 Å². The Bertz CT molecular complexity index is 578. The summed E-state index contributed by atoms with van der Waals surface area (Å²) < 4.78 is 0. The zero-order chi connectivity index (χ0) is 13.7. The van der Waals surface area contributed by atoms with Gasteiger partial charge in [-0.25, -0.2) is 4.79 Å². The van der Waals surface area contributed by atoms with Crippen LogP contribution in [0.25, 0.3) is 0 Å². The summed E-state index contributed by atoms with van der Waals surface area (Å²) in [6, 6.07) is 8.46. The fraction of sp³-hybridized carbons (Fsp3) is 0.143. The van der Waals surface area contributed by atoms with Gasteiger partial charge < -0.3 is 10.4 Å². The predicted octanol–water partition coefficient (Wildman–Crippen LogP) is 2.31. The number of benzene rings is 1. The third-order valence-corrected chi connectivity index (χ3v) is 3.34. The molecule has 98 valence electrons. The summed E-state index contributed by atoms with van der Waals surface area (Å²) in [5.74, 6) is -1.04. The minimum absolute atomic E-state index is 0.0703. The predicted molar refractivity (Wildman–Crippen MR) is 73.3 cm³/mol. The van der Waals surface area contributed by atoms with E-state index in [0.29, 0.717) is 13.0 Å². The molecule has 0 aliphatic carbocycles. The van der Waals surface area contributed by atoms with E-state index in [1.165, 1.54) is 6.07 Å². The third-order valence-electron chi connectivity index (χ3n) is 2.61. The molecule has 1 amide bonds. The maximum Gasteiger partial charge on any atom is 0.335 e. The summed E-state index contributed by atoms with van der Waals surface area (Å²) in [6.07, 6.45) is 0.349. The largest absolute Gasteiger partial charge is 0.478 e. The van der Waals surface area contributed by atoms with E-state index in [1.807, 2.05) is 16.8 Å². The molecular formula is C14H13NO3S. The molecule has 0 spiro atoms. The van der Waals surface area contributed by atoms with Crippen LogP contribution in [0.5, 0.6) is 0 Å². The van der Waals surface area contributed by atoms with E-state index in [9.17, 15) is 9.59 Å². The number of carboxylic acids is 1. The first-order valence-corrected chi connectivity index (χ1v) is 6.69. The van der Waals surface area contributed by atoms with E-state index in [4.69, 9.17) is 5.11 Å². The van der Waals surface area contributed by atoms with Crippen LogP contribution in [0.1, 0.15) is 21.5 Å². The quantitative estimate of drug-likeness (QED) is 0.880. The van der Waals surface area contributed by atoms with Crippen LogP contribution in [0.15, 0.2) is 41.1 Å². The lowest BCUT2D eigenvalue weighted by Crippen LogP contribution is -2.24. The molecule has 2 rings (SSSR count). The molecule has 0 aliphatic heterocycles. The van der Waals surface area contributed by atoms with E-state index in [1.54, 1.807) is 29.5 Å². The number of rotatable bonds is 5. The van der Waals surface area contributed by atoms with Crippen molar-refractivity contribution >= 4 is 23.2 Å². The maximum absolute atomic E-state index is 11.7. The second-order valence-electron chi connectivity index (χ2n) is 4.09. The molecule has 0 aliphatic rings. The molecule has 0 radical (unpaired) electrons. The van der Waals surface area contributed by atoms with Gasteiger partial charge in [0.25, 0.3) is 0 Å². The number of carboxylic acid groups (broad SMARTS) is 1. The molecule has 0 saturated carbocycles. The van der Waals surface area contributed by atoms with Crippen molar-refractivity contribution in [3.63, 3.8) is 0 Å². The molecule has 1 aromatic carbocycles. The number of hydrogen-bond donors (Lipinski definition) is 2. The SMILES string of the molecule is O=C(Cc1ccsc1)NCc1cccc(C(=O)O)c1. The number of hydrogen-bond acceptors (Lipinski definition) is 3. The van der Waals surface area contributed by atoms with Crippen molar-refractivity contribution in [2.75, 3.05) is 0 Å². The van der Waals surface area contributed by atoms with E-state index in [2.05, 4.69) is 5.32 Å². The summed E-state index contributed by atoms with van der Waals surface area (Å²) in [7, 11) is 0. The van der Waals surface area contributed by atoms with Gasteiger partial charge in [0, 0.05) is 6.54 Å². The Morgan fingerprint density at radius 2 is 2.05 bits per heavy atom. The molecule has 5 heteroatoms. The lowest BCUT2D eigenvalue weighted by atomic mass is 10.1. The van der Waals surface area contributed by atoms with Gasteiger partial charge in [-0.15, -0.1) is 0 Å². The van der Waals surface area contributed by atoms with Gasteiger partial charge in [0.05, 0.1) is 12.0 Å². The Morgan fingerprint density at radius 1 is 1.21 bits per heavy atom. The van der Waals surface area contributed by atoms with Gasteiger partial charge >= 0.3 is 5.97 Å². The molecule has 0 unspecified atom stereocenters. The topological polar surface area (TPSA) is 66.4 Å². The van der Waals surface area contributed by atoms with E-state index in [0.717, 1.165) is 11.1 Å². The Morgan fingerprint density at radius 3 is 2.74 bits per heavy atom. The highest BCUT2D eigenvalue weighted by atomic mass is 32.1. The van der Waals surface area contributed by atoms with Gasteiger partial charge in [-0.05, 0) is 40.1 Å². The molecule has 0 saturated heterocycles. The van der Waals surface area contributed by atoms with Gasteiger partial charge in [0.15, 0.2) is 0 Å². The first-order valence-electron chi connectivity index (χ1n) is 5.75. The zero-order valence-corrected chi connectivity index (χ0v) is 10.9. The fourth-order valence-electron chi connectivity index (χ4n) is 1.66. The van der Waals surface area contributed by atoms with E-state index >= 15 is 0 Å². The normalized spacial score (nSPS) is 10.1. The van der Waals surface area contributed by atoms with Crippen molar-refractivity contribution in [1.29, 1.82) is 0 Å². The van der Waals surface area contributed by atoms with Crippen molar-refractivity contribution in [2.24, 2.45) is 0 Å². The monoisotopic (exact) mass is 275 g/mol. The molecule has 19 heavy (non-hydrogen) atoms. The average molecular weight is 275 g/mol. The van der Waals surface area contributed by atoms with Crippen LogP contribution in [-0.2, 0) is 17.8 Å². The highest BCUT2D eigenvalue weighted by Crippen LogP contribution is 2.07. The standard InChI is InChI=1S/C14H13NO3S/c16-13(7-11-4-5-19-9-11)15-8-10-2-1-3-12(6-10)14(17)18/h1-6,9H,7-8H2,(H,15,16)(H,17,18). The number of carbonyl (C=O) groups is 2. The molecule has 1 aromatic heterocycles. The number of carbonyl (C=O) groups excluding carboxylic acids is 1. The highest BCUT2D eigenvalue weighted by Gasteiger charge is 2.06. The van der Waals surface area contributed by atoms with Crippen molar-refractivity contribution in [2.45, 2.75) is 13.0 Å². The van der Waals surface area contributed by atoms with Crippen molar-refractivity contribution in [3.05, 3.63) is 57.8 Å². The van der Waals surface area contributed by atoms with Gasteiger partial charge in [0.2, 0.25) is 5.91 Å². The first-order chi connectivity index (χ1) is 9.15. The Hall–Kier alpha value is -2.14. The molecular weight excluding hydrogens is 262 g/mol. The van der Waals surface area contributed by atoms with Crippen LogP contribution in [0, 0.1) is 0 Å². The van der Waals surface area contributed by atoms with Crippen molar-refractivity contribution < 1.29 is 14.7 Å². The van der Waals surface area contributed by atoms with Gasteiger partial charge in [-0.1, -0.05) is 12.1 Å². The second-order valence-corrected chi connectivity index (χ2v) is 4.87. The summed E-state index contributed by atoms with van der Waals surface area (Å²) >= 11 is 1.56. The molecule has 0 fully saturated rings. The first kappa shape index (κ1) is 13.3. The van der Waals surface area contributed by atoms with E-state index in [-0.39, 0.29) is 11.5 Å². The van der Waals surface area contributed by atoms with Crippen LogP contribution in [0.3, 0.4) is 0 Å². The number of amides is 1. The second kappa shape index (κ2) is 6.15. The minimum atomic E-state index is -0.966. The molecule has 1 heterocycles. The van der Waals surface area contributed by atoms with Crippen LogP contribution in [-0.4, -0.2) is 17.0 Å². The Balaban J connectivity index is 1.89. The highest BCUT2D eigenvalue weighted by molar-refractivity contribution is 7.07. The number of aromatic carboxylic acids is 1. The molecule has 2 N–H and O–H groups in total. The number of thiophene rings is 1. The summed E-state index contributed by atoms with van der Waals surface area (Å²) in [4.78, 5) is 22.5. The van der Waals surface area contributed by atoms with Crippen LogP contribution in [0.2, 0.25) is 0 Å². The minimum Gasteiger partial charge on any atom is -0.478 e. The average Bonchev–Trinajstić information content (AvgIpc) is 2.89. The van der Waals surface area contributed by atoms with E-state index < -0.39 is 5.97 Å². The molecule has 4 nitrogen and oxygen atoms in total. The zero-order valence-electron chi connectivity index (χ0n) is 10.1. The molecule has 2 aromatic rings. The van der Waals surface area contributed by atoms with Gasteiger partial charge in [0.1, 0.15) is 0 Å². The van der Waals surface area contributed by atoms with Gasteiger partial charge in [-0.3, -0.25) is 4.79 Å². The van der Waals surface area contributed by atoms with Crippen molar-refractivity contribution in [1.82, 2.24) is 5.32 Å². The van der Waals surface area contributed by atoms with Crippen LogP contribution >= 0.6 is 11.3 Å². The smallest absolute Gasteiger partial charge is 0.335 e. The van der Waals surface area contributed by atoms with Crippen molar-refractivity contribution in [3.8, 4) is 0 Å². The summed E-state index contributed by atoms with van der Waals surface area (Å²) in [5.41, 5.74) is 1.99. The lowest BCUT2D eigenvalue weighted by Gasteiger charge is -2.05. The summed E-state index contributed by atoms with van der Waals surface area (Å²) in [6.45, 7) is 0.337. The Labute approximate surface area is 114 Å². The molecule has 0 bridgehead atoms. The fourth-order valence-corrected chi connectivity index (χ4v) is 2.32. The molecule has 0 atom stereocenters. The number of nitrogens with one attached hydrogen (secondary N) is 1. The van der Waals surface area contributed by atoms with Crippen LogP contribution < -0.4 is 5.32 Å². The Kier molecular flexibility index (Phi) is 4.30. The van der Waals surface area contributed by atoms with Crippen LogP contribution in [0.4, 0.5) is 0 Å². The lowest BCUT2D eigenvalue weighted by molar-refractivity contribution is -0.120.